The second kappa shape index (κ2) is 6.76. The van der Waals surface area contributed by atoms with Crippen molar-refractivity contribution in [3.05, 3.63) is 46.0 Å². The first-order valence-corrected chi connectivity index (χ1v) is 7.32. The zero-order valence-corrected chi connectivity index (χ0v) is 12.6. The molecular weight excluding hydrogens is 290 g/mol. The van der Waals surface area contributed by atoms with Crippen LogP contribution in [0, 0.1) is 0 Å². The number of allylic oxidation sites excluding steroid dienone is 1. The maximum atomic E-state index is 12.3. The van der Waals surface area contributed by atoms with Crippen LogP contribution in [0.5, 0.6) is 0 Å². The highest BCUT2D eigenvalue weighted by molar-refractivity contribution is 6.30. The Morgan fingerprint density at radius 2 is 1.95 bits per heavy atom. The van der Waals surface area contributed by atoms with E-state index in [1.165, 1.54) is 0 Å². The number of carboxylic acids is 1. The molecule has 0 saturated heterocycles. The maximum Gasteiger partial charge on any atom is 0.305 e. The molecule has 0 radical (unpaired) electrons. The van der Waals surface area contributed by atoms with Crippen LogP contribution >= 0.6 is 11.6 Å². The average Bonchev–Trinajstić information content (AvgIpc) is 2.84. The SMILES string of the molecule is CC1=C(C(=O)N[C@@H](CC(=O)O)c2ccc(Cl)cc2)CCC1. The molecule has 0 aliphatic heterocycles. The van der Waals surface area contributed by atoms with Crippen molar-refractivity contribution in [1.82, 2.24) is 5.32 Å². The zero-order chi connectivity index (χ0) is 15.4. The summed E-state index contributed by atoms with van der Waals surface area (Å²) in [7, 11) is 0. The first kappa shape index (κ1) is 15.6. The summed E-state index contributed by atoms with van der Waals surface area (Å²) >= 11 is 5.84. The second-order valence-corrected chi connectivity index (χ2v) is 5.72. The Morgan fingerprint density at radius 1 is 1.29 bits per heavy atom. The van der Waals surface area contributed by atoms with Crippen molar-refractivity contribution in [2.45, 2.75) is 38.6 Å². The molecule has 1 aromatic carbocycles. The molecule has 0 unspecified atom stereocenters. The Hall–Kier alpha value is -1.81. The van der Waals surface area contributed by atoms with Gasteiger partial charge in [-0.05, 0) is 43.9 Å². The van der Waals surface area contributed by atoms with Crippen molar-refractivity contribution in [2.75, 3.05) is 0 Å². The highest BCUT2D eigenvalue weighted by Crippen LogP contribution is 2.27. The predicted octanol–water partition coefficient (Wildman–Crippen LogP) is 3.47. The molecule has 0 heterocycles. The minimum Gasteiger partial charge on any atom is -0.481 e. The average molecular weight is 308 g/mol. The van der Waals surface area contributed by atoms with Crippen molar-refractivity contribution in [3.63, 3.8) is 0 Å². The number of benzene rings is 1. The number of hydrogen-bond donors (Lipinski definition) is 2. The van der Waals surface area contributed by atoms with Crippen LogP contribution in [0.4, 0.5) is 0 Å². The van der Waals surface area contributed by atoms with E-state index in [-0.39, 0.29) is 12.3 Å². The van der Waals surface area contributed by atoms with E-state index in [0.29, 0.717) is 5.02 Å². The number of carbonyl (C=O) groups excluding carboxylic acids is 1. The number of nitrogens with one attached hydrogen (secondary N) is 1. The van der Waals surface area contributed by atoms with Gasteiger partial charge in [-0.2, -0.15) is 0 Å². The third-order valence-corrected chi connectivity index (χ3v) is 3.98. The van der Waals surface area contributed by atoms with Gasteiger partial charge in [-0.1, -0.05) is 29.3 Å². The number of carboxylic acid groups (broad SMARTS) is 1. The van der Waals surface area contributed by atoms with E-state index in [0.717, 1.165) is 36.0 Å². The molecule has 0 bridgehead atoms. The summed E-state index contributed by atoms with van der Waals surface area (Å²) in [6, 6.07) is 6.32. The van der Waals surface area contributed by atoms with Crippen LogP contribution in [0.3, 0.4) is 0 Å². The lowest BCUT2D eigenvalue weighted by Gasteiger charge is -2.18. The summed E-state index contributed by atoms with van der Waals surface area (Å²) < 4.78 is 0. The van der Waals surface area contributed by atoms with E-state index in [1.54, 1.807) is 24.3 Å². The van der Waals surface area contributed by atoms with Gasteiger partial charge >= 0.3 is 5.97 Å². The number of rotatable bonds is 5. The van der Waals surface area contributed by atoms with Gasteiger partial charge < -0.3 is 10.4 Å². The summed E-state index contributed by atoms with van der Waals surface area (Å²) in [5, 5.41) is 12.5. The minimum atomic E-state index is -0.952. The monoisotopic (exact) mass is 307 g/mol. The van der Waals surface area contributed by atoms with Crippen LogP contribution < -0.4 is 5.32 Å². The molecule has 1 aliphatic carbocycles. The van der Waals surface area contributed by atoms with E-state index in [9.17, 15) is 9.59 Å². The minimum absolute atomic E-state index is 0.153. The van der Waals surface area contributed by atoms with Gasteiger partial charge in [-0.3, -0.25) is 9.59 Å². The van der Waals surface area contributed by atoms with Gasteiger partial charge in [-0.15, -0.1) is 0 Å². The third-order valence-electron chi connectivity index (χ3n) is 3.72. The molecule has 21 heavy (non-hydrogen) atoms. The lowest BCUT2D eigenvalue weighted by atomic mass is 10.0. The summed E-state index contributed by atoms with van der Waals surface area (Å²) in [5.74, 6) is -1.11. The lowest BCUT2D eigenvalue weighted by Crippen LogP contribution is -2.31. The molecule has 1 aromatic rings. The van der Waals surface area contributed by atoms with E-state index in [4.69, 9.17) is 16.7 Å². The second-order valence-electron chi connectivity index (χ2n) is 5.29. The van der Waals surface area contributed by atoms with Gasteiger partial charge in [-0.25, -0.2) is 0 Å². The largest absolute Gasteiger partial charge is 0.481 e. The first-order chi connectivity index (χ1) is 9.97. The van der Waals surface area contributed by atoms with E-state index in [2.05, 4.69) is 5.32 Å². The van der Waals surface area contributed by atoms with Crippen LogP contribution in [0.1, 0.15) is 44.2 Å². The summed E-state index contributed by atoms with van der Waals surface area (Å²) in [6.07, 6.45) is 2.53. The quantitative estimate of drug-likeness (QED) is 0.875. The summed E-state index contributed by atoms with van der Waals surface area (Å²) in [6.45, 7) is 1.95. The lowest BCUT2D eigenvalue weighted by molar-refractivity contribution is -0.137. The Morgan fingerprint density at radius 3 is 2.48 bits per heavy atom. The maximum absolute atomic E-state index is 12.3. The molecule has 112 valence electrons. The van der Waals surface area contributed by atoms with Gasteiger partial charge in [0.2, 0.25) is 5.91 Å². The number of hydrogen-bond acceptors (Lipinski definition) is 2. The summed E-state index contributed by atoms with van der Waals surface area (Å²) in [4.78, 5) is 23.3. The van der Waals surface area contributed by atoms with Gasteiger partial charge in [0, 0.05) is 10.6 Å². The number of aliphatic carboxylic acids is 1. The molecule has 1 amide bonds. The highest BCUT2D eigenvalue weighted by Gasteiger charge is 2.23. The standard InChI is InChI=1S/C16H18ClNO3/c1-10-3-2-4-13(10)16(21)18-14(9-15(19)20)11-5-7-12(17)8-6-11/h5-8,14H,2-4,9H2,1H3,(H,18,21)(H,19,20)/t14-/m0/s1. The van der Waals surface area contributed by atoms with Crippen LogP contribution in [-0.4, -0.2) is 17.0 Å². The normalized spacial score (nSPS) is 15.9. The Kier molecular flexibility index (Phi) is 5.02. The van der Waals surface area contributed by atoms with Gasteiger partial charge in [0.15, 0.2) is 0 Å². The molecular formula is C16H18ClNO3. The van der Waals surface area contributed by atoms with Crippen molar-refractivity contribution in [2.24, 2.45) is 0 Å². The van der Waals surface area contributed by atoms with Crippen LogP contribution in [0.15, 0.2) is 35.4 Å². The van der Waals surface area contributed by atoms with E-state index >= 15 is 0 Å². The van der Waals surface area contributed by atoms with Gasteiger partial charge in [0.05, 0.1) is 12.5 Å². The Bertz CT molecular complexity index is 578. The zero-order valence-electron chi connectivity index (χ0n) is 11.9. The smallest absolute Gasteiger partial charge is 0.305 e. The van der Waals surface area contributed by atoms with Crippen LogP contribution in [0.2, 0.25) is 5.02 Å². The molecule has 1 atom stereocenters. The Balaban J connectivity index is 2.17. The molecule has 0 saturated carbocycles. The number of halogens is 1. The predicted molar refractivity (Wildman–Crippen MR) is 81.1 cm³/mol. The summed E-state index contributed by atoms with van der Waals surface area (Å²) in [5.41, 5.74) is 2.63. The molecule has 0 spiro atoms. The van der Waals surface area contributed by atoms with Crippen molar-refractivity contribution < 1.29 is 14.7 Å². The molecule has 5 heteroatoms. The van der Waals surface area contributed by atoms with Crippen molar-refractivity contribution >= 4 is 23.5 Å². The van der Waals surface area contributed by atoms with Gasteiger partial charge in [0.1, 0.15) is 0 Å². The third kappa shape index (κ3) is 4.08. The van der Waals surface area contributed by atoms with Crippen molar-refractivity contribution in [3.8, 4) is 0 Å². The fraction of sp³-hybridized carbons (Fsp3) is 0.375. The number of amides is 1. The van der Waals surface area contributed by atoms with Crippen LogP contribution in [-0.2, 0) is 9.59 Å². The first-order valence-electron chi connectivity index (χ1n) is 6.94. The fourth-order valence-corrected chi connectivity index (χ4v) is 2.70. The van der Waals surface area contributed by atoms with E-state index in [1.807, 2.05) is 6.92 Å². The molecule has 0 fully saturated rings. The fourth-order valence-electron chi connectivity index (χ4n) is 2.57. The topological polar surface area (TPSA) is 66.4 Å². The highest BCUT2D eigenvalue weighted by atomic mass is 35.5. The number of carbonyl (C=O) groups is 2. The van der Waals surface area contributed by atoms with Crippen LogP contribution in [0.25, 0.3) is 0 Å². The molecule has 0 aromatic heterocycles. The molecule has 1 aliphatic rings. The van der Waals surface area contributed by atoms with Crippen molar-refractivity contribution in [1.29, 1.82) is 0 Å². The molecule has 2 rings (SSSR count). The van der Waals surface area contributed by atoms with E-state index < -0.39 is 12.0 Å². The molecule has 2 N–H and O–H groups in total. The van der Waals surface area contributed by atoms with Gasteiger partial charge in [0.25, 0.3) is 0 Å². The Labute approximate surface area is 128 Å². The molecule has 4 nitrogen and oxygen atoms in total.